The molecule has 2 aromatic heterocycles. The standard InChI is InChI=1S/C18H23N3OS/c1-18(2,3)17-19-10-13(11-20-17)21-16(22)15-9-12-7-5-4-6-8-14(12)23-15/h9-11H,4-8H2,1-3H3,(H,21,22). The van der Waals surface area contributed by atoms with Crippen molar-refractivity contribution in [1.82, 2.24) is 9.97 Å². The number of amides is 1. The number of aryl methyl sites for hydroxylation is 2. The Labute approximate surface area is 141 Å². The third kappa shape index (κ3) is 3.78. The lowest BCUT2D eigenvalue weighted by atomic mass is 9.96. The minimum Gasteiger partial charge on any atom is -0.319 e. The van der Waals surface area contributed by atoms with Crippen molar-refractivity contribution < 1.29 is 4.79 Å². The van der Waals surface area contributed by atoms with Crippen molar-refractivity contribution in [2.45, 2.75) is 58.3 Å². The van der Waals surface area contributed by atoms with Crippen LogP contribution in [0.25, 0.3) is 0 Å². The average molecular weight is 329 g/mol. The summed E-state index contributed by atoms with van der Waals surface area (Å²) in [7, 11) is 0. The molecule has 2 heterocycles. The molecule has 1 amide bonds. The molecule has 0 fully saturated rings. The van der Waals surface area contributed by atoms with E-state index in [9.17, 15) is 4.79 Å². The highest BCUT2D eigenvalue weighted by atomic mass is 32.1. The SMILES string of the molecule is CC(C)(C)c1ncc(NC(=O)c2cc3c(s2)CCCCC3)cn1. The summed E-state index contributed by atoms with van der Waals surface area (Å²) >= 11 is 1.63. The van der Waals surface area contributed by atoms with E-state index < -0.39 is 0 Å². The van der Waals surface area contributed by atoms with Gasteiger partial charge >= 0.3 is 0 Å². The van der Waals surface area contributed by atoms with Crippen LogP contribution in [0.5, 0.6) is 0 Å². The third-order valence-electron chi connectivity index (χ3n) is 4.05. The molecule has 5 heteroatoms. The molecular weight excluding hydrogens is 306 g/mol. The van der Waals surface area contributed by atoms with E-state index in [1.807, 2.05) is 0 Å². The third-order valence-corrected chi connectivity index (χ3v) is 5.29. The Bertz CT molecular complexity index is 675. The first-order valence-electron chi connectivity index (χ1n) is 8.19. The number of carbonyl (C=O) groups excluding carboxylic acids is 1. The van der Waals surface area contributed by atoms with Crippen LogP contribution in [-0.4, -0.2) is 15.9 Å². The van der Waals surface area contributed by atoms with Gasteiger partial charge in [-0.1, -0.05) is 27.2 Å². The van der Waals surface area contributed by atoms with Gasteiger partial charge in [-0.2, -0.15) is 0 Å². The zero-order chi connectivity index (χ0) is 16.4. The van der Waals surface area contributed by atoms with Crippen LogP contribution in [-0.2, 0) is 18.3 Å². The Morgan fingerprint density at radius 2 is 1.83 bits per heavy atom. The minimum absolute atomic E-state index is 0.0600. The van der Waals surface area contributed by atoms with E-state index in [-0.39, 0.29) is 11.3 Å². The maximum Gasteiger partial charge on any atom is 0.265 e. The molecule has 0 saturated heterocycles. The summed E-state index contributed by atoms with van der Waals surface area (Å²) in [6.45, 7) is 6.21. The average Bonchev–Trinajstić information content (AvgIpc) is 2.78. The molecule has 1 aliphatic rings. The second-order valence-electron chi connectivity index (χ2n) is 7.12. The highest BCUT2D eigenvalue weighted by Gasteiger charge is 2.18. The zero-order valence-electron chi connectivity index (χ0n) is 14.0. The maximum absolute atomic E-state index is 12.4. The number of rotatable bonds is 2. The number of fused-ring (bicyclic) bond motifs is 1. The number of anilines is 1. The van der Waals surface area contributed by atoms with Crippen LogP contribution in [0.1, 0.15) is 66.0 Å². The van der Waals surface area contributed by atoms with Crippen molar-refractivity contribution >= 4 is 22.9 Å². The molecule has 0 aromatic carbocycles. The lowest BCUT2D eigenvalue weighted by Crippen LogP contribution is -2.17. The predicted octanol–water partition coefficient (Wildman–Crippen LogP) is 4.36. The fourth-order valence-corrected chi connectivity index (χ4v) is 3.90. The Hall–Kier alpha value is -1.75. The van der Waals surface area contributed by atoms with Gasteiger partial charge in [-0.15, -0.1) is 11.3 Å². The fraction of sp³-hybridized carbons (Fsp3) is 0.500. The molecule has 0 bridgehead atoms. The topological polar surface area (TPSA) is 54.9 Å². The monoisotopic (exact) mass is 329 g/mol. The lowest BCUT2D eigenvalue weighted by molar-refractivity contribution is 0.103. The summed E-state index contributed by atoms with van der Waals surface area (Å²) in [6, 6.07) is 2.06. The Morgan fingerprint density at radius 1 is 1.13 bits per heavy atom. The molecule has 2 aromatic rings. The van der Waals surface area contributed by atoms with E-state index in [0.29, 0.717) is 5.69 Å². The van der Waals surface area contributed by atoms with E-state index in [2.05, 4.69) is 42.1 Å². The quantitative estimate of drug-likeness (QED) is 0.833. The molecule has 0 spiro atoms. The molecule has 3 rings (SSSR count). The predicted molar refractivity (Wildman–Crippen MR) is 94.3 cm³/mol. The second-order valence-corrected chi connectivity index (χ2v) is 8.26. The Morgan fingerprint density at radius 3 is 2.52 bits per heavy atom. The van der Waals surface area contributed by atoms with E-state index in [1.165, 1.54) is 29.7 Å². The van der Waals surface area contributed by atoms with Crippen LogP contribution in [0.15, 0.2) is 18.5 Å². The summed E-state index contributed by atoms with van der Waals surface area (Å²) in [4.78, 5) is 23.3. The fourth-order valence-electron chi connectivity index (χ4n) is 2.75. The number of nitrogens with one attached hydrogen (secondary N) is 1. The van der Waals surface area contributed by atoms with E-state index in [4.69, 9.17) is 0 Å². The summed E-state index contributed by atoms with van der Waals surface area (Å²) in [6.07, 6.45) is 9.33. The molecule has 0 radical (unpaired) electrons. The molecule has 1 aliphatic carbocycles. The molecular formula is C18H23N3OS. The van der Waals surface area contributed by atoms with Gasteiger partial charge in [0, 0.05) is 10.3 Å². The summed E-state index contributed by atoms with van der Waals surface area (Å²) in [5.74, 6) is 0.716. The molecule has 0 aliphatic heterocycles. The van der Waals surface area contributed by atoms with Gasteiger partial charge in [-0.05, 0) is 37.3 Å². The largest absolute Gasteiger partial charge is 0.319 e. The smallest absolute Gasteiger partial charge is 0.265 e. The van der Waals surface area contributed by atoms with Crippen molar-refractivity contribution in [2.24, 2.45) is 0 Å². The Kier molecular flexibility index (Phi) is 4.48. The number of aromatic nitrogens is 2. The van der Waals surface area contributed by atoms with E-state index in [0.717, 1.165) is 23.5 Å². The lowest BCUT2D eigenvalue weighted by Gasteiger charge is -2.16. The normalized spacial score (nSPS) is 14.9. The van der Waals surface area contributed by atoms with Gasteiger partial charge in [0.15, 0.2) is 0 Å². The van der Waals surface area contributed by atoms with Gasteiger partial charge in [0.2, 0.25) is 0 Å². The first-order valence-corrected chi connectivity index (χ1v) is 9.00. The van der Waals surface area contributed by atoms with Crippen LogP contribution in [0.2, 0.25) is 0 Å². The summed E-state index contributed by atoms with van der Waals surface area (Å²) in [5.41, 5.74) is 1.91. The number of thiophene rings is 1. The van der Waals surface area contributed by atoms with Crippen molar-refractivity contribution in [2.75, 3.05) is 5.32 Å². The van der Waals surface area contributed by atoms with Crippen molar-refractivity contribution in [3.05, 3.63) is 39.6 Å². The Balaban J connectivity index is 1.72. The van der Waals surface area contributed by atoms with Crippen LogP contribution in [0.4, 0.5) is 5.69 Å². The molecule has 0 atom stereocenters. The van der Waals surface area contributed by atoms with Crippen LogP contribution in [0, 0.1) is 0 Å². The summed E-state index contributed by atoms with van der Waals surface area (Å²) in [5, 5.41) is 2.91. The first kappa shape index (κ1) is 16.1. The maximum atomic E-state index is 12.4. The van der Waals surface area contributed by atoms with Crippen molar-refractivity contribution in [3.8, 4) is 0 Å². The van der Waals surface area contributed by atoms with Gasteiger partial charge < -0.3 is 5.32 Å². The van der Waals surface area contributed by atoms with Crippen LogP contribution >= 0.6 is 11.3 Å². The van der Waals surface area contributed by atoms with Crippen LogP contribution < -0.4 is 5.32 Å². The van der Waals surface area contributed by atoms with Gasteiger partial charge in [0.25, 0.3) is 5.91 Å². The zero-order valence-corrected chi connectivity index (χ0v) is 14.8. The van der Waals surface area contributed by atoms with Gasteiger partial charge in [-0.25, -0.2) is 9.97 Å². The minimum atomic E-state index is -0.0894. The van der Waals surface area contributed by atoms with Gasteiger partial charge in [-0.3, -0.25) is 4.79 Å². The molecule has 1 N–H and O–H groups in total. The highest BCUT2D eigenvalue weighted by Crippen LogP contribution is 2.29. The number of hydrogen-bond acceptors (Lipinski definition) is 4. The first-order chi connectivity index (χ1) is 10.9. The summed E-state index contributed by atoms with van der Waals surface area (Å²) < 4.78 is 0. The van der Waals surface area contributed by atoms with Crippen molar-refractivity contribution in [1.29, 1.82) is 0 Å². The van der Waals surface area contributed by atoms with E-state index in [1.54, 1.807) is 23.7 Å². The van der Waals surface area contributed by atoms with Crippen molar-refractivity contribution in [3.63, 3.8) is 0 Å². The van der Waals surface area contributed by atoms with Gasteiger partial charge in [0.05, 0.1) is 23.0 Å². The molecule has 122 valence electrons. The van der Waals surface area contributed by atoms with Gasteiger partial charge in [0.1, 0.15) is 5.82 Å². The number of hydrogen-bond donors (Lipinski definition) is 1. The molecule has 0 saturated carbocycles. The molecule has 4 nitrogen and oxygen atoms in total. The number of carbonyl (C=O) groups is 1. The molecule has 23 heavy (non-hydrogen) atoms. The molecule has 0 unspecified atom stereocenters. The highest BCUT2D eigenvalue weighted by molar-refractivity contribution is 7.14. The number of nitrogens with zero attached hydrogens (tertiary/aromatic N) is 2. The van der Waals surface area contributed by atoms with E-state index >= 15 is 0 Å². The second kappa shape index (κ2) is 6.40. The van der Waals surface area contributed by atoms with Crippen LogP contribution in [0.3, 0.4) is 0 Å².